The molecule has 3 amide bonds. The number of aryl methyl sites for hydroxylation is 1. The maximum atomic E-state index is 13.2. The van der Waals surface area contributed by atoms with Crippen LogP contribution >= 0.6 is 22.9 Å². The normalized spacial score (nSPS) is 21.8. The number of fused-ring (bicyclic) bond motifs is 1. The molecule has 1 aromatic heterocycles. The van der Waals surface area contributed by atoms with Gasteiger partial charge in [0, 0.05) is 11.3 Å². The molecule has 2 aliphatic heterocycles. The number of carbonyl (C=O) groups is 5. The first kappa shape index (κ1) is 28.5. The van der Waals surface area contributed by atoms with Crippen molar-refractivity contribution in [1.82, 2.24) is 20.5 Å². The summed E-state index contributed by atoms with van der Waals surface area (Å²) in [6.45, 7) is 1.28. The summed E-state index contributed by atoms with van der Waals surface area (Å²) in [4.78, 5) is 70.8. The van der Waals surface area contributed by atoms with Crippen molar-refractivity contribution in [2.45, 2.75) is 24.4 Å². The van der Waals surface area contributed by atoms with Crippen molar-refractivity contribution < 1.29 is 42.7 Å². The number of β-lactam (4-membered cyclic amide) rings is 1. The molecule has 14 nitrogen and oxygen atoms in total. The van der Waals surface area contributed by atoms with Crippen LogP contribution in [0.2, 0.25) is 0 Å². The van der Waals surface area contributed by atoms with E-state index in [1.807, 2.05) is 0 Å². The van der Waals surface area contributed by atoms with Crippen LogP contribution in [0.5, 0.6) is 0 Å². The van der Waals surface area contributed by atoms with E-state index in [4.69, 9.17) is 29.5 Å². The molecule has 3 heterocycles. The van der Waals surface area contributed by atoms with Crippen LogP contribution in [0.3, 0.4) is 0 Å². The highest BCUT2D eigenvalue weighted by molar-refractivity contribution is 7.86. The van der Waals surface area contributed by atoms with E-state index in [1.165, 1.54) is 16.7 Å². The van der Waals surface area contributed by atoms with E-state index >= 15 is 0 Å². The van der Waals surface area contributed by atoms with Crippen molar-refractivity contribution in [1.29, 1.82) is 0 Å². The highest BCUT2D eigenvalue weighted by Gasteiger charge is 2.57. The molecule has 0 aliphatic carbocycles. The summed E-state index contributed by atoms with van der Waals surface area (Å²) >= 11 is 7.00. The lowest BCUT2D eigenvalue weighted by Crippen LogP contribution is -2.74. The number of alkyl halides is 1. The number of oxime groups is 1. The Morgan fingerprint density at radius 2 is 2.24 bits per heavy atom. The molecule has 0 bridgehead atoms. The zero-order valence-electron chi connectivity index (χ0n) is 18.9. The molecule has 37 heavy (non-hydrogen) atoms. The first-order chi connectivity index (χ1) is 17.7. The molecule has 4 atom stereocenters. The Bertz CT molecular complexity index is 1210. The fraction of sp³-hybridized carbons (Fsp3) is 0.389. The number of aromatic nitrogens is 1. The van der Waals surface area contributed by atoms with Gasteiger partial charge in [0.25, 0.3) is 11.8 Å². The minimum atomic E-state index is -1.74. The van der Waals surface area contributed by atoms with Crippen LogP contribution in [0.4, 0.5) is 0 Å². The van der Waals surface area contributed by atoms with Gasteiger partial charge in [0.1, 0.15) is 22.8 Å². The molecule has 193 valence electrons. The van der Waals surface area contributed by atoms with Gasteiger partial charge in [0.15, 0.2) is 17.5 Å². The van der Waals surface area contributed by atoms with Gasteiger partial charge in [0.05, 0.1) is 28.1 Å². The van der Waals surface area contributed by atoms with Crippen LogP contribution < -0.4 is 10.6 Å². The Morgan fingerprint density at radius 1 is 1.51 bits per heavy atom. The predicted molar refractivity (Wildman–Crippen MR) is 130 cm³/mol. The summed E-state index contributed by atoms with van der Waals surface area (Å²) in [6.07, 6.45) is -1.19. The Morgan fingerprint density at radius 3 is 2.81 bits per heavy atom. The van der Waals surface area contributed by atoms with Gasteiger partial charge in [0.2, 0.25) is 6.41 Å². The smallest absolute Gasteiger partial charge is 0.379 e. The molecule has 0 spiro atoms. The summed E-state index contributed by atoms with van der Waals surface area (Å²) in [5.41, 5.74) is -1.41. The molecule has 0 aromatic carbocycles. The van der Waals surface area contributed by atoms with Crippen LogP contribution in [-0.4, -0.2) is 106 Å². The minimum Gasteiger partial charge on any atom is -0.539 e. The van der Waals surface area contributed by atoms with Crippen molar-refractivity contribution >= 4 is 84.9 Å². The molecule has 3 radical (unpaired) electrons. The molecule has 2 aliphatic rings. The Balaban J connectivity index is 1.87. The monoisotopic (exact) mass is 568 g/mol. The van der Waals surface area contributed by atoms with E-state index in [2.05, 4.69) is 25.4 Å². The second-order valence-electron chi connectivity index (χ2n) is 7.41. The van der Waals surface area contributed by atoms with E-state index in [-0.39, 0.29) is 42.6 Å². The third-order valence-electron chi connectivity index (χ3n) is 5.13. The summed E-state index contributed by atoms with van der Waals surface area (Å²) in [7, 11) is 3.43. The third kappa shape index (κ3) is 5.92. The molecule has 3 N–H and O–H groups in total. The number of amides is 3. The van der Waals surface area contributed by atoms with Gasteiger partial charge in [-0.25, -0.2) is 9.78 Å². The molecular formula is C18H17B2ClN5O9S2. The van der Waals surface area contributed by atoms with Crippen LogP contribution in [0.1, 0.15) is 10.7 Å². The van der Waals surface area contributed by atoms with Crippen molar-refractivity contribution in [3.8, 4) is 0 Å². The summed E-state index contributed by atoms with van der Waals surface area (Å²) in [5, 5.41) is 18.2. The molecule has 19 heteroatoms. The van der Waals surface area contributed by atoms with Crippen molar-refractivity contribution in [3.05, 3.63) is 27.4 Å². The van der Waals surface area contributed by atoms with Gasteiger partial charge < -0.3 is 29.9 Å². The number of nitrogens with zero attached hydrogens (tertiary/aromatic N) is 3. The van der Waals surface area contributed by atoms with Gasteiger partial charge in [-0.3, -0.25) is 23.5 Å². The molecule has 3 rings (SSSR count). The lowest BCUT2D eigenvalue weighted by Gasteiger charge is -2.49. The Kier molecular flexibility index (Phi) is 9.58. The fourth-order valence-corrected chi connectivity index (χ4v) is 6.05. The standard InChI is InChI=1S/C18H17B2ClN5O9S2/c1-7-23-9(4-36-7)11(25-35-10(3-22-6-27)14(28)20-32)15(29)24-12-16(30)26-13(18(31)34-19)8(2-21)5-37(33)17(12)26/h4,6,10,12,17,32H,2-3,5H2,1H3,(H,22,27)(H,24,29)/b25-11-/t10-,12+,17+,37?/m0/s1. The molecular weight excluding hydrogens is 551 g/mol. The quantitative estimate of drug-likeness (QED) is 0.0583. The minimum absolute atomic E-state index is 0.0349. The fourth-order valence-electron chi connectivity index (χ4n) is 3.43. The lowest BCUT2D eigenvalue weighted by atomic mass is 9.89. The van der Waals surface area contributed by atoms with Gasteiger partial charge >= 0.3 is 21.5 Å². The highest BCUT2D eigenvalue weighted by Crippen LogP contribution is 2.35. The number of thiazole rings is 1. The van der Waals surface area contributed by atoms with E-state index < -0.39 is 57.5 Å². The number of nitrogens with one attached hydrogen (secondary N) is 2. The number of carbonyl (C=O) groups excluding carboxylic acids is 5. The summed E-state index contributed by atoms with van der Waals surface area (Å²) in [6, 6.07) is -1.32. The Labute approximate surface area is 222 Å². The van der Waals surface area contributed by atoms with Gasteiger partial charge in [-0.05, 0) is 12.5 Å². The average molecular weight is 569 g/mol. The van der Waals surface area contributed by atoms with E-state index in [0.717, 1.165) is 4.90 Å². The SMILES string of the molecule is [B]OC(=O)C1=C(CCl)CS(=O)[C@@H]2[C@H](NC(=O)/C(=N\O[C@@H](CNC=O)C(=O)[B]O)c3csc(C)n3)C(=O)N12. The molecule has 1 saturated heterocycles. The van der Waals surface area contributed by atoms with Crippen molar-refractivity contribution in [2.75, 3.05) is 18.2 Å². The van der Waals surface area contributed by atoms with Crippen LogP contribution in [0, 0.1) is 6.92 Å². The second-order valence-corrected chi connectivity index (χ2v) is 10.3. The van der Waals surface area contributed by atoms with Crippen LogP contribution in [0.15, 0.2) is 21.8 Å². The number of hydrogen-bond acceptors (Lipinski definition) is 12. The molecule has 1 unspecified atom stereocenters. The largest absolute Gasteiger partial charge is 0.539 e. The zero-order valence-corrected chi connectivity index (χ0v) is 21.3. The van der Waals surface area contributed by atoms with Gasteiger partial charge in [-0.15, -0.1) is 22.9 Å². The predicted octanol–water partition coefficient (Wildman–Crippen LogP) is -3.04. The maximum absolute atomic E-state index is 13.2. The average Bonchev–Trinajstić information content (AvgIpc) is 3.32. The van der Waals surface area contributed by atoms with E-state index in [0.29, 0.717) is 11.4 Å². The molecule has 1 aromatic rings. The van der Waals surface area contributed by atoms with Crippen molar-refractivity contribution in [3.63, 3.8) is 0 Å². The van der Waals surface area contributed by atoms with Crippen LogP contribution in [-0.2, 0) is 44.3 Å². The maximum Gasteiger partial charge on any atom is 0.379 e. The van der Waals surface area contributed by atoms with E-state index in [9.17, 15) is 28.2 Å². The summed E-state index contributed by atoms with van der Waals surface area (Å²) < 4.78 is 17.0. The van der Waals surface area contributed by atoms with Crippen LogP contribution in [0.25, 0.3) is 0 Å². The summed E-state index contributed by atoms with van der Waals surface area (Å²) in [5.74, 6) is -3.16. The number of rotatable bonds is 12. The number of hydrogen-bond donors (Lipinski definition) is 3. The molecule has 0 saturated carbocycles. The van der Waals surface area contributed by atoms with Gasteiger partial charge in [-0.1, -0.05) is 5.16 Å². The lowest BCUT2D eigenvalue weighted by molar-refractivity contribution is -0.149. The Hall–Kier alpha value is -3.08. The van der Waals surface area contributed by atoms with E-state index in [1.54, 1.807) is 6.92 Å². The first-order valence-electron chi connectivity index (χ1n) is 10.2. The van der Waals surface area contributed by atoms with Gasteiger partial charge in [-0.2, -0.15) is 0 Å². The third-order valence-corrected chi connectivity index (χ3v) is 7.88. The topological polar surface area (TPSA) is 194 Å². The number of halogens is 1. The second kappa shape index (κ2) is 12.4. The zero-order chi connectivity index (χ0) is 27.3. The molecule has 1 fully saturated rings. The van der Waals surface area contributed by atoms with Crippen molar-refractivity contribution in [2.24, 2.45) is 5.16 Å². The highest BCUT2D eigenvalue weighted by atomic mass is 35.5. The first-order valence-corrected chi connectivity index (χ1v) is 13.0.